The molecule has 1 fully saturated rings. The summed E-state index contributed by atoms with van der Waals surface area (Å²) in [5.74, 6) is -2.37. The van der Waals surface area contributed by atoms with E-state index < -0.39 is 49.2 Å². The molecule has 3 unspecified atom stereocenters. The molecule has 0 amide bonds. The van der Waals surface area contributed by atoms with Crippen molar-refractivity contribution in [2.24, 2.45) is 0 Å². The van der Waals surface area contributed by atoms with E-state index in [1.807, 2.05) is 4.98 Å². The molecule has 0 radical (unpaired) electrons. The number of ether oxygens (including phenoxy) is 1. The maximum Gasteiger partial charge on any atom is 0.356 e. The molecule has 1 aliphatic heterocycles. The van der Waals surface area contributed by atoms with Gasteiger partial charge in [0.05, 0.1) is 6.33 Å². The lowest BCUT2D eigenvalue weighted by Gasteiger charge is -2.21. The summed E-state index contributed by atoms with van der Waals surface area (Å²) in [5.41, 5.74) is -1.97. The van der Waals surface area contributed by atoms with Crippen molar-refractivity contribution in [3.63, 3.8) is 0 Å². The van der Waals surface area contributed by atoms with Crippen LogP contribution in [0.5, 0.6) is 0 Å². The van der Waals surface area contributed by atoms with E-state index in [0.717, 1.165) is 10.9 Å². The average molecular weight is 364 g/mol. The van der Waals surface area contributed by atoms with Crippen molar-refractivity contribution < 1.29 is 34.4 Å². The second kappa shape index (κ2) is 5.60. The molecule has 0 aliphatic carbocycles. The molecule has 2 aromatic rings. The Bertz CT molecular complexity index is 928. The molecule has 2 aromatic heterocycles. The number of aromatic amines is 2. The lowest BCUT2D eigenvalue weighted by Crippen LogP contribution is -2.38. The van der Waals surface area contributed by atoms with Gasteiger partial charge < -0.3 is 29.8 Å². The summed E-state index contributed by atoms with van der Waals surface area (Å²) in [6.07, 6.45) is -5.76. The van der Waals surface area contributed by atoms with Crippen LogP contribution < -0.4 is 11.2 Å². The monoisotopic (exact) mass is 364 g/mol. The predicted octanol–water partition coefficient (Wildman–Crippen LogP) is -3.47. The van der Waals surface area contributed by atoms with Crippen LogP contribution in [0.15, 0.2) is 15.9 Å². The van der Waals surface area contributed by atoms with E-state index in [0.29, 0.717) is 0 Å². The van der Waals surface area contributed by atoms with E-state index in [4.69, 9.17) is 14.5 Å². The summed E-state index contributed by atoms with van der Waals surface area (Å²) < 4.78 is 17.3. The second-order valence-corrected chi connectivity index (χ2v) is 6.94. The summed E-state index contributed by atoms with van der Waals surface area (Å²) >= 11 is 0. The van der Waals surface area contributed by atoms with Gasteiger partial charge >= 0.3 is 13.3 Å². The van der Waals surface area contributed by atoms with Crippen LogP contribution in [-0.2, 0) is 9.30 Å². The van der Waals surface area contributed by atoms with Gasteiger partial charge in [0.2, 0.25) is 0 Å². The summed E-state index contributed by atoms with van der Waals surface area (Å²) in [6, 6.07) is 0. The normalized spacial score (nSPS) is 29.2. The Morgan fingerprint density at radius 1 is 1.25 bits per heavy atom. The number of nitrogens with zero attached hydrogens (tertiary/aromatic N) is 2. The lowest BCUT2D eigenvalue weighted by atomic mass is 10.1. The molecule has 14 heteroatoms. The number of nitrogens with one attached hydrogen (secondary N) is 2. The molecule has 1 aliphatic rings. The first-order chi connectivity index (χ1) is 11.1. The first-order valence-corrected chi connectivity index (χ1v) is 8.23. The van der Waals surface area contributed by atoms with E-state index in [9.17, 15) is 29.5 Å². The minimum Gasteiger partial charge on any atom is -0.387 e. The molecule has 132 valence electrons. The Labute approximate surface area is 131 Å². The summed E-state index contributed by atoms with van der Waals surface area (Å²) in [4.78, 5) is 48.9. The van der Waals surface area contributed by atoms with Crippen molar-refractivity contribution in [1.82, 2.24) is 19.5 Å². The Morgan fingerprint density at radius 2 is 1.92 bits per heavy atom. The fourth-order valence-electron chi connectivity index (χ4n) is 2.50. The third-order valence-electron chi connectivity index (χ3n) is 3.66. The number of H-pyrrole nitrogens is 2. The second-order valence-electron chi connectivity index (χ2n) is 5.23. The van der Waals surface area contributed by atoms with Gasteiger partial charge in [0.25, 0.3) is 5.56 Å². The molecular formula is C10H13N4O9P. The molecule has 0 spiro atoms. The molecule has 7 N–H and O–H groups in total. The number of hydrogen-bond acceptors (Lipinski definition) is 8. The van der Waals surface area contributed by atoms with Crippen LogP contribution in [0.1, 0.15) is 6.23 Å². The van der Waals surface area contributed by atoms with Crippen LogP contribution in [0.2, 0.25) is 0 Å². The van der Waals surface area contributed by atoms with Crippen molar-refractivity contribution in [2.45, 2.75) is 30.4 Å². The maximum atomic E-state index is 11.6. The Balaban J connectivity index is 2.04. The van der Waals surface area contributed by atoms with Crippen molar-refractivity contribution in [2.75, 3.05) is 0 Å². The minimum absolute atomic E-state index is 0.133. The van der Waals surface area contributed by atoms with Gasteiger partial charge in [-0.2, -0.15) is 0 Å². The summed E-state index contributed by atoms with van der Waals surface area (Å²) in [5, 5.41) is 29.5. The summed E-state index contributed by atoms with van der Waals surface area (Å²) in [7, 11) is -5.02. The molecule has 0 saturated carbocycles. The van der Waals surface area contributed by atoms with Gasteiger partial charge in [0.1, 0.15) is 24.0 Å². The zero-order valence-electron chi connectivity index (χ0n) is 11.7. The van der Waals surface area contributed by atoms with Crippen LogP contribution in [0, 0.1) is 0 Å². The number of aliphatic hydroxyl groups is 3. The topological polar surface area (TPSA) is 211 Å². The molecule has 0 bridgehead atoms. The average Bonchev–Trinajstić information content (AvgIpc) is 3.00. The Morgan fingerprint density at radius 3 is 2.54 bits per heavy atom. The molecule has 3 heterocycles. The quantitative estimate of drug-likeness (QED) is 0.267. The fourth-order valence-corrected chi connectivity index (χ4v) is 3.13. The van der Waals surface area contributed by atoms with Gasteiger partial charge in [-0.3, -0.25) is 23.9 Å². The predicted molar refractivity (Wildman–Crippen MR) is 74.9 cm³/mol. The van der Waals surface area contributed by atoms with Gasteiger partial charge in [0.15, 0.2) is 17.6 Å². The number of aliphatic hydroxyl groups excluding tert-OH is 3. The SMILES string of the molecule is O=c1[nH]c(=O)c2ncn([C@H]3O[C@@H](C(O)P(=O)(O)O)C(O)C3O)c2[nH]1. The first-order valence-electron chi connectivity index (χ1n) is 6.55. The van der Waals surface area contributed by atoms with E-state index in [2.05, 4.69) is 9.97 Å². The number of hydrogen-bond donors (Lipinski definition) is 7. The van der Waals surface area contributed by atoms with Gasteiger partial charge in [-0.1, -0.05) is 0 Å². The van der Waals surface area contributed by atoms with Crippen LogP contribution in [0.25, 0.3) is 11.2 Å². The van der Waals surface area contributed by atoms with Crippen LogP contribution in [0.3, 0.4) is 0 Å². The highest BCUT2D eigenvalue weighted by Gasteiger charge is 2.51. The number of aromatic nitrogens is 4. The van der Waals surface area contributed by atoms with Crippen LogP contribution >= 0.6 is 7.60 Å². The third kappa shape index (κ3) is 2.61. The highest BCUT2D eigenvalue weighted by molar-refractivity contribution is 7.52. The van der Waals surface area contributed by atoms with Crippen LogP contribution in [0.4, 0.5) is 0 Å². The Hall–Kier alpha value is -1.86. The zero-order chi connectivity index (χ0) is 17.8. The largest absolute Gasteiger partial charge is 0.387 e. The van der Waals surface area contributed by atoms with Crippen molar-refractivity contribution in [3.8, 4) is 0 Å². The van der Waals surface area contributed by atoms with Crippen molar-refractivity contribution in [3.05, 3.63) is 27.2 Å². The Kier molecular flexibility index (Phi) is 3.96. The zero-order valence-corrected chi connectivity index (χ0v) is 12.6. The van der Waals surface area contributed by atoms with Gasteiger partial charge in [-0.15, -0.1) is 0 Å². The molecule has 1 saturated heterocycles. The molecule has 3 rings (SSSR count). The van der Waals surface area contributed by atoms with E-state index >= 15 is 0 Å². The number of fused-ring (bicyclic) bond motifs is 1. The van der Waals surface area contributed by atoms with Gasteiger partial charge in [-0.25, -0.2) is 9.78 Å². The fraction of sp³-hybridized carbons (Fsp3) is 0.500. The molecule has 5 atom stereocenters. The summed E-state index contributed by atoms with van der Waals surface area (Å²) in [6.45, 7) is 0. The standard InChI is InChI=1S/C10H13N4O9P/c15-3-4(16)8(23-5(3)9(18)24(20,21)22)14-1-11-2-6(14)12-10(19)13-7(2)17/h1,3-5,8-9,15-16,18H,(H2,20,21,22)(H2,12,13,17,19)/t3?,4?,5-,8+,9?/m1/s1. The van der Waals surface area contributed by atoms with Crippen molar-refractivity contribution >= 4 is 18.8 Å². The maximum absolute atomic E-state index is 11.6. The highest BCUT2D eigenvalue weighted by Crippen LogP contribution is 2.46. The van der Waals surface area contributed by atoms with Gasteiger partial charge in [-0.05, 0) is 0 Å². The molecule has 0 aromatic carbocycles. The number of rotatable bonds is 3. The molecular weight excluding hydrogens is 351 g/mol. The van der Waals surface area contributed by atoms with Crippen LogP contribution in [-0.4, -0.2) is 68.8 Å². The van der Waals surface area contributed by atoms with Crippen molar-refractivity contribution in [1.29, 1.82) is 0 Å². The van der Waals surface area contributed by atoms with Gasteiger partial charge in [0, 0.05) is 0 Å². The lowest BCUT2D eigenvalue weighted by molar-refractivity contribution is -0.0664. The number of imidazole rings is 1. The van der Waals surface area contributed by atoms with E-state index in [1.54, 1.807) is 0 Å². The van der Waals surface area contributed by atoms with E-state index in [-0.39, 0.29) is 11.2 Å². The van der Waals surface area contributed by atoms with E-state index in [1.165, 1.54) is 0 Å². The first kappa shape index (κ1) is 17.0. The minimum atomic E-state index is -5.02. The highest BCUT2D eigenvalue weighted by atomic mass is 31.2. The smallest absolute Gasteiger partial charge is 0.356 e. The molecule has 13 nitrogen and oxygen atoms in total. The molecule has 24 heavy (non-hydrogen) atoms. The third-order valence-corrected chi connectivity index (χ3v) is 4.64.